The van der Waals surface area contributed by atoms with Gasteiger partial charge in [0.05, 0.1) is 12.2 Å². The van der Waals surface area contributed by atoms with Crippen molar-refractivity contribution >= 4 is 17.8 Å². The molecule has 0 aromatic carbocycles. The fourth-order valence-corrected chi connectivity index (χ4v) is 1.02. The van der Waals surface area contributed by atoms with Crippen molar-refractivity contribution in [2.24, 2.45) is 4.99 Å². The molecule has 76 valence electrons. The van der Waals surface area contributed by atoms with E-state index in [2.05, 4.69) is 25.8 Å². The fraction of sp³-hybridized carbons (Fsp3) is 0.125. The Morgan fingerprint density at radius 3 is 2.60 bits per heavy atom. The van der Waals surface area contributed by atoms with Gasteiger partial charge in [-0.1, -0.05) is 0 Å². The molecule has 0 atom stereocenters. The van der Waals surface area contributed by atoms with Crippen LogP contribution in [0.5, 0.6) is 0 Å². The van der Waals surface area contributed by atoms with E-state index in [9.17, 15) is 9.59 Å². The van der Waals surface area contributed by atoms with Crippen LogP contribution in [0.15, 0.2) is 23.3 Å². The van der Waals surface area contributed by atoms with Gasteiger partial charge in [-0.15, -0.1) is 0 Å². The number of guanidine groups is 1. The van der Waals surface area contributed by atoms with E-state index < -0.39 is 11.8 Å². The minimum atomic E-state index is -0.701. The molecule has 0 spiro atoms. The molecule has 0 radical (unpaired) electrons. The van der Waals surface area contributed by atoms with Crippen LogP contribution in [-0.4, -0.2) is 28.0 Å². The minimum absolute atomic E-state index is 0.149. The van der Waals surface area contributed by atoms with E-state index in [0.717, 1.165) is 0 Å². The monoisotopic (exact) mass is 205 g/mol. The zero-order chi connectivity index (χ0) is 10.7. The predicted octanol–water partition coefficient (Wildman–Crippen LogP) is -1.42. The first kappa shape index (κ1) is 9.25. The van der Waals surface area contributed by atoms with Crippen molar-refractivity contribution in [2.75, 3.05) is 0 Å². The van der Waals surface area contributed by atoms with Gasteiger partial charge in [-0.05, 0) is 12.1 Å². The van der Waals surface area contributed by atoms with Gasteiger partial charge >= 0.3 is 11.8 Å². The zero-order valence-corrected chi connectivity index (χ0v) is 7.60. The zero-order valence-electron chi connectivity index (χ0n) is 7.60. The van der Waals surface area contributed by atoms with Gasteiger partial charge in [0.15, 0.2) is 0 Å². The van der Waals surface area contributed by atoms with Crippen LogP contribution in [0.3, 0.4) is 0 Å². The normalized spacial score (nSPS) is 14.8. The molecule has 0 saturated carbocycles. The molecule has 0 unspecified atom stereocenters. The summed E-state index contributed by atoms with van der Waals surface area (Å²) in [6, 6.07) is 3.48. The average Bonchev–Trinajstić information content (AvgIpc) is 2.57. The van der Waals surface area contributed by atoms with E-state index >= 15 is 0 Å². The summed E-state index contributed by atoms with van der Waals surface area (Å²) in [6.07, 6.45) is 1.55. The van der Waals surface area contributed by atoms with Crippen molar-refractivity contribution < 1.29 is 9.59 Å². The summed E-state index contributed by atoms with van der Waals surface area (Å²) in [5.74, 6) is -1.25. The standard InChI is InChI=1S/C8H7N5O2/c14-6-7(15)12-8(11-6)9-4-5-2-1-3-10-13-5/h1-3H,4H2,(H2,9,11,12,14,15). The molecular weight excluding hydrogens is 198 g/mol. The number of amides is 2. The number of nitrogens with zero attached hydrogens (tertiary/aromatic N) is 3. The number of hydrogen-bond acceptors (Lipinski definition) is 5. The highest BCUT2D eigenvalue weighted by Crippen LogP contribution is 1.94. The molecule has 1 fully saturated rings. The Balaban J connectivity index is 2.02. The van der Waals surface area contributed by atoms with Crippen molar-refractivity contribution in [1.82, 2.24) is 20.8 Å². The summed E-state index contributed by atoms with van der Waals surface area (Å²) < 4.78 is 0. The number of aliphatic imine (C=N–C) groups is 1. The summed E-state index contributed by atoms with van der Waals surface area (Å²) >= 11 is 0. The van der Waals surface area contributed by atoms with E-state index in [1.807, 2.05) is 0 Å². The number of carbonyl (C=O) groups excluding carboxylic acids is 2. The highest BCUT2D eigenvalue weighted by molar-refractivity contribution is 6.45. The van der Waals surface area contributed by atoms with E-state index in [0.29, 0.717) is 5.69 Å². The summed E-state index contributed by atoms with van der Waals surface area (Å²) in [5.41, 5.74) is 0.653. The smallest absolute Gasteiger partial charge is 0.288 e. The predicted molar refractivity (Wildman–Crippen MR) is 49.5 cm³/mol. The number of nitrogens with one attached hydrogen (secondary N) is 2. The molecular formula is C8H7N5O2. The molecule has 1 aliphatic rings. The van der Waals surface area contributed by atoms with Crippen molar-refractivity contribution in [3.8, 4) is 0 Å². The molecule has 1 aromatic heterocycles. The molecule has 2 rings (SSSR count). The molecule has 1 aromatic rings. The average molecular weight is 205 g/mol. The maximum Gasteiger partial charge on any atom is 0.316 e. The van der Waals surface area contributed by atoms with Gasteiger partial charge in [0.2, 0.25) is 5.96 Å². The van der Waals surface area contributed by atoms with Crippen LogP contribution in [0.2, 0.25) is 0 Å². The molecule has 0 bridgehead atoms. The van der Waals surface area contributed by atoms with Gasteiger partial charge in [0, 0.05) is 6.20 Å². The van der Waals surface area contributed by atoms with Gasteiger partial charge < -0.3 is 0 Å². The third-order valence-electron chi connectivity index (χ3n) is 1.70. The Morgan fingerprint density at radius 1 is 1.27 bits per heavy atom. The number of rotatable bonds is 2. The second-order valence-electron chi connectivity index (χ2n) is 2.79. The maximum atomic E-state index is 10.8. The number of aromatic nitrogens is 2. The quantitative estimate of drug-likeness (QED) is 0.579. The Bertz CT molecular complexity index is 410. The van der Waals surface area contributed by atoms with Gasteiger partial charge in [-0.2, -0.15) is 10.2 Å². The number of hydrogen-bond donors (Lipinski definition) is 2. The Labute approximate surface area is 84.6 Å². The lowest BCUT2D eigenvalue weighted by Crippen LogP contribution is -2.25. The molecule has 7 nitrogen and oxygen atoms in total. The van der Waals surface area contributed by atoms with Crippen molar-refractivity contribution in [3.05, 3.63) is 24.0 Å². The molecule has 0 aliphatic carbocycles. The highest BCUT2D eigenvalue weighted by atomic mass is 16.2. The van der Waals surface area contributed by atoms with Crippen LogP contribution in [0, 0.1) is 0 Å². The van der Waals surface area contributed by atoms with Crippen molar-refractivity contribution in [3.63, 3.8) is 0 Å². The van der Waals surface area contributed by atoms with E-state index in [-0.39, 0.29) is 12.5 Å². The first-order chi connectivity index (χ1) is 7.25. The summed E-state index contributed by atoms with van der Waals surface area (Å²) in [5, 5.41) is 12.0. The lowest BCUT2D eigenvalue weighted by molar-refractivity contribution is -0.135. The molecule has 15 heavy (non-hydrogen) atoms. The van der Waals surface area contributed by atoms with Gasteiger partial charge in [0.1, 0.15) is 0 Å². The lowest BCUT2D eigenvalue weighted by atomic mass is 10.4. The molecule has 7 heteroatoms. The maximum absolute atomic E-state index is 10.8. The van der Waals surface area contributed by atoms with Crippen molar-refractivity contribution in [1.29, 1.82) is 0 Å². The van der Waals surface area contributed by atoms with E-state index in [4.69, 9.17) is 0 Å². The Morgan fingerprint density at radius 2 is 2.00 bits per heavy atom. The minimum Gasteiger partial charge on any atom is -0.288 e. The summed E-state index contributed by atoms with van der Waals surface area (Å²) in [6.45, 7) is 0.254. The van der Waals surface area contributed by atoms with E-state index in [1.54, 1.807) is 18.3 Å². The second kappa shape index (κ2) is 3.82. The van der Waals surface area contributed by atoms with Gasteiger partial charge in [-0.3, -0.25) is 20.2 Å². The molecule has 1 aliphatic heterocycles. The SMILES string of the molecule is O=C1NC(=NCc2cccnn2)NC1=O. The highest BCUT2D eigenvalue weighted by Gasteiger charge is 2.24. The third-order valence-corrected chi connectivity index (χ3v) is 1.70. The molecule has 2 heterocycles. The van der Waals surface area contributed by atoms with Crippen LogP contribution in [0.1, 0.15) is 5.69 Å². The van der Waals surface area contributed by atoms with Crippen LogP contribution in [0.25, 0.3) is 0 Å². The van der Waals surface area contributed by atoms with Crippen LogP contribution >= 0.6 is 0 Å². The van der Waals surface area contributed by atoms with Crippen LogP contribution in [0.4, 0.5) is 0 Å². The number of carbonyl (C=O) groups is 2. The summed E-state index contributed by atoms with van der Waals surface area (Å²) in [7, 11) is 0. The lowest BCUT2D eigenvalue weighted by Gasteiger charge is -1.95. The molecule has 2 amide bonds. The largest absolute Gasteiger partial charge is 0.316 e. The van der Waals surface area contributed by atoms with Gasteiger partial charge in [-0.25, -0.2) is 4.99 Å². The Hall–Kier alpha value is -2.31. The third kappa shape index (κ3) is 2.13. The molecule has 1 saturated heterocycles. The van der Waals surface area contributed by atoms with Crippen molar-refractivity contribution in [2.45, 2.75) is 6.54 Å². The first-order valence-electron chi connectivity index (χ1n) is 4.19. The van der Waals surface area contributed by atoms with Crippen LogP contribution < -0.4 is 10.6 Å². The van der Waals surface area contributed by atoms with Crippen LogP contribution in [-0.2, 0) is 16.1 Å². The first-order valence-corrected chi connectivity index (χ1v) is 4.19. The second-order valence-corrected chi connectivity index (χ2v) is 2.79. The fourth-order valence-electron chi connectivity index (χ4n) is 1.02. The van der Waals surface area contributed by atoms with Gasteiger partial charge in [0.25, 0.3) is 0 Å². The Kier molecular flexibility index (Phi) is 2.36. The topological polar surface area (TPSA) is 96.3 Å². The molecule has 2 N–H and O–H groups in total. The van der Waals surface area contributed by atoms with E-state index in [1.165, 1.54) is 0 Å². The summed E-state index contributed by atoms with van der Waals surface area (Å²) in [4.78, 5) is 25.5.